The molecule has 0 unspecified atom stereocenters. The van der Waals surface area contributed by atoms with Crippen LogP contribution in [0, 0.1) is 11.6 Å². The third kappa shape index (κ3) is 6.16. The van der Waals surface area contributed by atoms with Crippen LogP contribution in [-0.2, 0) is 22.5 Å². The highest BCUT2D eigenvalue weighted by Gasteiger charge is 2.44. The smallest absolute Gasteiger partial charge is 0.411 e. The van der Waals surface area contributed by atoms with Crippen LogP contribution in [0.25, 0.3) is 10.8 Å². The zero-order chi connectivity index (χ0) is 26.7. The van der Waals surface area contributed by atoms with Gasteiger partial charge in [-0.25, -0.2) is 13.6 Å². The van der Waals surface area contributed by atoms with Crippen molar-refractivity contribution in [2.24, 2.45) is 0 Å². The fraction of sp³-hybridized carbons (Fsp3) is 0.333. The second kappa shape index (κ2) is 10.7. The van der Waals surface area contributed by atoms with Gasteiger partial charge in [0, 0.05) is 19.5 Å². The van der Waals surface area contributed by atoms with Gasteiger partial charge in [-0.1, -0.05) is 54.6 Å². The molecule has 3 aromatic carbocycles. The van der Waals surface area contributed by atoms with Gasteiger partial charge < -0.3 is 9.64 Å². The molecule has 0 spiro atoms. The quantitative estimate of drug-likeness (QED) is 0.371. The minimum atomic E-state index is -0.965. The van der Waals surface area contributed by atoms with Crippen molar-refractivity contribution in [1.29, 1.82) is 0 Å². The second-order valence-electron chi connectivity index (χ2n) is 10.4. The molecule has 1 aliphatic rings. The van der Waals surface area contributed by atoms with Crippen molar-refractivity contribution >= 4 is 22.8 Å². The largest absolute Gasteiger partial charge is 0.444 e. The van der Waals surface area contributed by atoms with Crippen LogP contribution in [-0.4, -0.2) is 46.0 Å². The summed E-state index contributed by atoms with van der Waals surface area (Å²) >= 11 is 0. The second-order valence-corrected chi connectivity index (χ2v) is 10.4. The Balaban J connectivity index is 1.70. The molecule has 4 rings (SSSR count). The van der Waals surface area contributed by atoms with Crippen molar-refractivity contribution in [1.82, 2.24) is 9.80 Å². The molecule has 0 saturated carbocycles. The Morgan fingerprint density at radius 2 is 1.73 bits per heavy atom. The van der Waals surface area contributed by atoms with Gasteiger partial charge in [0.15, 0.2) is 11.6 Å². The number of nitrogens with zero attached hydrogens (tertiary/aromatic N) is 2. The Bertz CT molecular complexity index is 1320. The van der Waals surface area contributed by atoms with Gasteiger partial charge in [0.2, 0.25) is 5.91 Å². The number of carbonyl (C=O) groups excluding carboxylic acids is 2. The lowest BCUT2D eigenvalue weighted by Crippen LogP contribution is -2.64. The van der Waals surface area contributed by atoms with E-state index in [2.05, 4.69) is 6.58 Å². The van der Waals surface area contributed by atoms with Crippen LogP contribution in [0.5, 0.6) is 0 Å². The van der Waals surface area contributed by atoms with Crippen LogP contribution >= 0.6 is 0 Å². The first-order valence-corrected chi connectivity index (χ1v) is 12.4. The molecule has 1 heterocycles. The number of benzene rings is 3. The van der Waals surface area contributed by atoms with Crippen molar-refractivity contribution in [2.75, 3.05) is 6.54 Å². The van der Waals surface area contributed by atoms with E-state index >= 15 is 0 Å². The lowest BCUT2D eigenvalue weighted by molar-refractivity contribution is -0.145. The van der Waals surface area contributed by atoms with Crippen molar-refractivity contribution in [3.63, 3.8) is 0 Å². The average Bonchev–Trinajstić information content (AvgIpc) is 2.83. The van der Waals surface area contributed by atoms with Crippen LogP contribution in [0.1, 0.15) is 38.3 Å². The van der Waals surface area contributed by atoms with E-state index in [-0.39, 0.29) is 31.5 Å². The molecule has 0 aromatic heterocycles. The molecule has 2 amide bonds. The lowest BCUT2D eigenvalue weighted by Gasteiger charge is -2.46. The van der Waals surface area contributed by atoms with Crippen molar-refractivity contribution in [3.8, 4) is 0 Å². The summed E-state index contributed by atoms with van der Waals surface area (Å²) in [5.41, 5.74) is 0.632. The number of fused-ring (bicyclic) bond motifs is 1. The van der Waals surface area contributed by atoms with E-state index in [0.29, 0.717) is 12.0 Å². The summed E-state index contributed by atoms with van der Waals surface area (Å²) in [5.74, 6) is -2.18. The standard InChI is InChI=1S/C30H32F2N2O3/c1-5-8-24-19-33(18-21-12-14-25(31)26(32)16-21)28(35)27(34(24)29(36)37-30(2,3)4)17-20-11-13-22-9-6-7-10-23(22)15-20/h5-7,9-16,24,27H,1,8,17-19H2,2-4H3/t24-,27-/m1/s1. The number of hydrogen-bond acceptors (Lipinski definition) is 3. The summed E-state index contributed by atoms with van der Waals surface area (Å²) in [6.07, 6.45) is 1.87. The summed E-state index contributed by atoms with van der Waals surface area (Å²) < 4.78 is 33.1. The molecule has 194 valence electrons. The molecule has 1 fully saturated rings. The maximum absolute atomic E-state index is 13.9. The molecule has 0 aliphatic carbocycles. The maximum Gasteiger partial charge on any atom is 0.411 e. The minimum absolute atomic E-state index is 0.0973. The fourth-order valence-corrected chi connectivity index (χ4v) is 4.76. The molecule has 2 atom stereocenters. The SMILES string of the molecule is C=CC[C@@H]1CN(Cc2ccc(F)c(F)c2)C(=O)[C@@H](Cc2ccc3ccccc3c2)N1C(=O)OC(C)(C)C. The van der Waals surface area contributed by atoms with Crippen LogP contribution < -0.4 is 0 Å². The van der Waals surface area contributed by atoms with Crippen LogP contribution in [0.3, 0.4) is 0 Å². The fourth-order valence-electron chi connectivity index (χ4n) is 4.76. The maximum atomic E-state index is 13.9. The first kappa shape index (κ1) is 26.3. The van der Waals surface area contributed by atoms with Gasteiger partial charge >= 0.3 is 6.09 Å². The van der Waals surface area contributed by atoms with Crippen LogP contribution in [0.4, 0.5) is 13.6 Å². The third-order valence-electron chi connectivity index (χ3n) is 6.40. The summed E-state index contributed by atoms with van der Waals surface area (Å²) in [7, 11) is 0. The number of hydrogen-bond donors (Lipinski definition) is 0. The van der Waals surface area contributed by atoms with E-state index in [9.17, 15) is 18.4 Å². The monoisotopic (exact) mass is 506 g/mol. The van der Waals surface area contributed by atoms with Crippen molar-refractivity contribution in [2.45, 2.75) is 57.8 Å². The van der Waals surface area contributed by atoms with E-state index in [1.165, 1.54) is 11.0 Å². The molecule has 7 heteroatoms. The Hall–Kier alpha value is -3.74. The summed E-state index contributed by atoms with van der Waals surface area (Å²) in [6.45, 7) is 9.51. The summed E-state index contributed by atoms with van der Waals surface area (Å²) in [4.78, 5) is 30.4. The predicted octanol–water partition coefficient (Wildman–Crippen LogP) is 6.25. The third-order valence-corrected chi connectivity index (χ3v) is 6.40. The topological polar surface area (TPSA) is 49.9 Å². The molecule has 0 bridgehead atoms. The number of amides is 2. The molecule has 3 aromatic rings. The number of ether oxygens (including phenoxy) is 1. The number of halogens is 2. The zero-order valence-electron chi connectivity index (χ0n) is 21.4. The Morgan fingerprint density at radius 1 is 1.03 bits per heavy atom. The van der Waals surface area contributed by atoms with Gasteiger partial charge in [-0.3, -0.25) is 9.69 Å². The van der Waals surface area contributed by atoms with Crippen molar-refractivity contribution in [3.05, 3.63) is 96.1 Å². The van der Waals surface area contributed by atoms with E-state index < -0.39 is 29.4 Å². The molecule has 0 N–H and O–H groups in total. The van der Waals surface area contributed by atoms with E-state index in [0.717, 1.165) is 28.5 Å². The zero-order valence-corrected chi connectivity index (χ0v) is 21.4. The highest BCUT2D eigenvalue weighted by molar-refractivity contribution is 5.88. The number of rotatable bonds is 6. The molecule has 0 radical (unpaired) electrons. The van der Waals surface area contributed by atoms with Gasteiger partial charge in [-0.15, -0.1) is 6.58 Å². The van der Waals surface area contributed by atoms with Gasteiger partial charge in [0.05, 0.1) is 6.04 Å². The summed E-state index contributed by atoms with van der Waals surface area (Å²) in [5, 5.41) is 2.11. The Morgan fingerprint density at radius 3 is 2.41 bits per heavy atom. The Kier molecular flexibility index (Phi) is 7.62. The van der Waals surface area contributed by atoms with Gasteiger partial charge in [0.1, 0.15) is 11.6 Å². The molecule has 1 saturated heterocycles. The molecular weight excluding hydrogens is 474 g/mol. The first-order valence-electron chi connectivity index (χ1n) is 12.4. The highest BCUT2D eigenvalue weighted by atomic mass is 19.2. The molecular formula is C30H32F2N2O3. The van der Waals surface area contributed by atoms with Crippen LogP contribution in [0.2, 0.25) is 0 Å². The predicted molar refractivity (Wildman–Crippen MR) is 140 cm³/mol. The number of piperazine rings is 1. The average molecular weight is 507 g/mol. The normalized spacial score (nSPS) is 18.2. The Labute approximate surface area is 216 Å². The molecule has 1 aliphatic heterocycles. The van der Waals surface area contributed by atoms with Gasteiger partial charge in [0.25, 0.3) is 0 Å². The van der Waals surface area contributed by atoms with Crippen molar-refractivity contribution < 1.29 is 23.1 Å². The van der Waals surface area contributed by atoms with Crippen LogP contribution in [0.15, 0.2) is 73.3 Å². The summed E-state index contributed by atoms with van der Waals surface area (Å²) in [6, 6.07) is 16.3. The van der Waals surface area contributed by atoms with Gasteiger partial charge in [-0.2, -0.15) is 0 Å². The van der Waals surface area contributed by atoms with E-state index in [1.807, 2.05) is 42.5 Å². The lowest BCUT2D eigenvalue weighted by atomic mass is 9.95. The highest BCUT2D eigenvalue weighted by Crippen LogP contribution is 2.28. The number of carbonyl (C=O) groups is 2. The minimum Gasteiger partial charge on any atom is -0.444 e. The first-order chi connectivity index (χ1) is 17.6. The molecule has 37 heavy (non-hydrogen) atoms. The van der Waals surface area contributed by atoms with Gasteiger partial charge in [-0.05, 0) is 61.2 Å². The van der Waals surface area contributed by atoms with E-state index in [1.54, 1.807) is 31.7 Å². The molecule has 5 nitrogen and oxygen atoms in total. The van der Waals surface area contributed by atoms with E-state index in [4.69, 9.17) is 4.74 Å².